The summed E-state index contributed by atoms with van der Waals surface area (Å²) in [6.45, 7) is 8.16. The van der Waals surface area contributed by atoms with Crippen LogP contribution < -0.4 is 10.6 Å². The Balaban J connectivity index is 1.68. The molecule has 2 aliphatic heterocycles. The summed E-state index contributed by atoms with van der Waals surface area (Å²) in [5.74, 6) is -0.898. The van der Waals surface area contributed by atoms with E-state index in [1.165, 1.54) is 12.1 Å². The van der Waals surface area contributed by atoms with Crippen molar-refractivity contribution < 1.29 is 18.8 Å². The summed E-state index contributed by atoms with van der Waals surface area (Å²) in [7, 11) is 1.70. The number of amides is 3. The summed E-state index contributed by atoms with van der Waals surface area (Å²) < 4.78 is 13.8. The number of aromatic nitrogens is 1. The van der Waals surface area contributed by atoms with Crippen LogP contribution in [0.2, 0.25) is 0 Å². The van der Waals surface area contributed by atoms with E-state index in [1.54, 1.807) is 27.0 Å². The second-order valence-corrected chi connectivity index (χ2v) is 9.83. The molecule has 34 heavy (non-hydrogen) atoms. The van der Waals surface area contributed by atoms with Gasteiger partial charge < -0.3 is 25.4 Å². The van der Waals surface area contributed by atoms with Crippen LogP contribution in [0.1, 0.15) is 45.6 Å². The highest BCUT2D eigenvalue weighted by atomic mass is 19.1. The summed E-state index contributed by atoms with van der Waals surface area (Å²) in [4.78, 5) is 45.7. The van der Waals surface area contributed by atoms with Crippen LogP contribution in [0.3, 0.4) is 0 Å². The molecular formula is C25H34FN5O3. The largest absolute Gasteiger partial charge is 0.361 e. The molecule has 0 radical (unpaired) electrons. The zero-order valence-electron chi connectivity index (χ0n) is 20.4. The van der Waals surface area contributed by atoms with Crippen molar-refractivity contribution in [3.63, 3.8) is 0 Å². The molecule has 0 aliphatic carbocycles. The number of hydrogen-bond donors (Lipinski definition) is 3. The first kappa shape index (κ1) is 24.2. The van der Waals surface area contributed by atoms with Crippen molar-refractivity contribution in [2.75, 3.05) is 20.1 Å². The monoisotopic (exact) mass is 471 g/mol. The van der Waals surface area contributed by atoms with Gasteiger partial charge in [-0.25, -0.2) is 4.39 Å². The van der Waals surface area contributed by atoms with Crippen molar-refractivity contribution in [2.45, 2.75) is 64.2 Å². The number of H-pyrrole nitrogens is 1. The van der Waals surface area contributed by atoms with Gasteiger partial charge in [0, 0.05) is 43.0 Å². The van der Waals surface area contributed by atoms with E-state index in [2.05, 4.69) is 15.6 Å². The Hall–Kier alpha value is -2.94. The number of likely N-dealkylation sites (tertiary alicyclic amines) is 2. The zero-order valence-corrected chi connectivity index (χ0v) is 20.4. The average molecular weight is 472 g/mol. The van der Waals surface area contributed by atoms with E-state index in [9.17, 15) is 18.8 Å². The number of hydrogen-bond acceptors (Lipinski definition) is 4. The van der Waals surface area contributed by atoms with Crippen molar-refractivity contribution in [1.82, 2.24) is 25.4 Å². The molecule has 1 aromatic carbocycles. The smallest absolute Gasteiger partial charge is 0.245 e. The molecule has 3 amide bonds. The van der Waals surface area contributed by atoms with Gasteiger partial charge in [0.05, 0.1) is 18.1 Å². The number of halogens is 1. The van der Waals surface area contributed by atoms with E-state index < -0.39 is 12.1 Å². The van der Waals surface area contributed by atoms with Gasteiger partial charge in [-0.3, -0.25) is 14.4 Å². The molecule has 2 fully saturated rings. The maximum absolute atomic E-state index is 13.8. The lowest BCUT2D eigenvalue weighted by Gasteiger charge is -2.33. The van der Waals surface area contributed by atoms with Gasteiger partial charge in [0.15, 0.2) is 0 Å². The van der Waals surface area contributed by atoms with Crippen LogP contribution in [0, 0.1) is 11.7 Å². The molecule has 2 aromatic rings. The normalized spacial score (nSPS) is 23.9. The molecule has 2 saturated heterocycles. The van der Waals surface area contributed by atoms with E-state index in [0.29, 0.717) is 25.0 Å². The Morgan fingerprint density at radius 3 is 2.56 bits per heavy atom. The maximum Gasteiger partial charge on any atom is 0.245 e. The minimum absolute atomic E-state index is 0.0192. The molecule has 8 nitrogen and oxygen atoms in total. The lowest BCUT2D eigenvalue weighted by molar-refractivity contribution is -0.139. The highest BCUT2D eigenvalue weighted by Crippen LogP contribution is 2.43. The first-order valence-electron chi connectivity index (χ1n) is 12.0. The minimum Gasteiger partial charge on any atom is -0.361 e. The number of carbonyl (C=O) groups is 3. The third kappa shape index (κ3) is 4.17. The lowest BCUT2D eigenvalue weighted by atomic mass is 9.90. The van der Waals surface area contributed by atoms with Crippen molar-refractivity contribution in [2.24, 2.45) is 5.92 Å². The first-order valence-corrected chi connectivity index (χ1v) is 12.0. The van der Waals surface area contributed by atoms with Gasteiger partial charge in [-0.05, 0) is 50.1 Å². The van der Waals surface area contributed by atoms with Crippen molar-refractivity contribution >= 4 is 28.6 Å². The summed E-state index contributed by atoms with van der Waals surface area (Å²) in [6.07, 6.45) is 2.56. The summed E-state index contributed by atoms with van der Waals surface area (Å²) in [5, 5.41) is 6.72. The topological polar surface area (TPSA) is 97.5 Å². The van der Waals surface area contributed by atoms with E-state index in [1.807, 2.05) is 29.8 Å². The first-order chi connectivity index (χ1) is 16.1. The SMILES string of the molecule is CNC(C)C(=O)NC(C(=O)N1CCC2C1C(c1c[nH]c3cc(F)ccc13)CN2C(C)=O)C(C)C. The van der Waals surface area contributed by atoms with Gasteiger partial charge in [-0.1, -0.05) is 13.8 Å². The number of carbonyl (C=O) groups excluding carboxylic acids is 3. The molecule has 2 aliphatic rings. The maximum atomic E-state index is 13.8. The van der Waals surface area contributed by atoms with Gasteiger partial charge in [0.2, 0.25) is 17.7 Å². The molecular weight excluding hydrogens is 437 g/mol. The standard InChI is InChI=1S/C25H34FN5O3/c1-13(2)22(29-24(33)14(3)27-5)25(34)30-9-8-21-23(30)19(12-31(21)15(4)32)18-11-28-20-10-16(26)6-7-17(18)20/h6-7,10-11,13-14,19,21-23,27-28H,8-9,12H2,1-5H3,(H,29,33). The third-order valence-corrected chi connectivity index (χ3v) is 7.45. The lowest BCUT2D eigenvalue weighted by Crippen LogP contribution is -2.56. The summed E-state index contributed by atoms with van der Waals surface area (Å²) in [5.41, 5.74) is 1.67. The molecule has 5 atom stereocenters. The van der Waals surface area contributed by atoms with Crippen LogP contribution in [-0.2, 0) is 14.4 Å². The van der Waals surface area contributed by atoms with Gasteiger partial charge in [0.1, 0.15) is 11.9 Å². The Morgan fingerprint density at radius 2 is 1.91 bits per heavy atom. The highest BCUT2D eigenvalue weighted by molar-refractivity contribution is 5.91. The Kier molecular flexibility index (Phi) is 6.66. The third-order valence-electron chi connectivity index (χ3n) is 7.45. The van der Waals surface area contributed by atoms with Crippen molar-refractivity contribution in [3.8, 4) is 0 Å². The Labute approximate surface area is 199 Å². The molecule has 1 aromatic heterocycles. The molecule has 3 heterocycles. The quantitative estimate of drug-likeness (QED) is 0.600. The second-order valence-electron chi connectivity index (χ2n) is 9.83. The number of nitrogens with zero attached hydrogens (tertiary/aromatic N) is 2. The summed E-state index contributed by atoms with van der Waals surface area (Å²) in [6, 6.07) is 3.26. The number of fused-ring (bicyclic) bond motifs is 2. The number of benzene rings is 1. The second kappa shape index (κ2) is 9.37. The highest BCUT2D eigenvalue weighted by Gasteiger charge is 2.53. The molecule has 9 heteroatoms. The van der Waals surface area contributed by atoms with Crippen LogP contribution >= 0.6 is 0 Å². The van der Waals surface area contributed by atoms with E-state index >= 15 is 0 Å². The number of nitrogens with one attached hydrogen (secondary N) is 3. The van der Waals surface area contributed by atoms with E-state index in [4.69, 9.17) is 0 Å². The molecule has 0 saturated carbocycles. The van der Waals surface area contributed by atoms with Crippen LogP contribution in [0.5, 0.6) is 0 Å². The fraction of sp³-hybridized carbons (Fsp3) is 0.560. The van der Waals surface area contributed by atoms with E-state index in [0.717, 1.165) is 10.9 Å². The van der Waals surface area contributed by atoms with Crippen molar-refractivity contribution in [3.05, 3.63) is 35.8 Å². The minimum atomic E-state index is -0.661. The predicted molar refractivity (Wildman–Crippen MR) is 128 cm³/mol. The average Bonchev–Trinajstić information content (AvgIpc) is 3.49. The van der Waals surface area contributed by atoms with E-state index in [-0.39, 0.29) is 47.5 Å². The van der Waals surface area contributed by atoms with Gasteiger partial charge in [0.25, 0.3) is 0 Å². The van der Waals surface area contributed by atoms with Crippen LogP contribution in [-0.4, -0.2) is 76.8 Å². The fourth-order valence-corrected chi connectivity index (χ4v) is 5.51. The van der Waals surface area contributed by atoms with Crippen LogP contribution in [0.15, 0.2) is 24.4 Å². The molecule has 4 rings (SSSR count). The molecule has 0 spiro atoms. The Bertz CT molecular complexity index is 1100. The van der Waals surface area contributed by atoms with Gasteiger partial charge in [-0.15, -0.1) is 0 Å². The van der Waals surface area contributed by atoms with Crippen LogP contribution in [0.25, 0.3) is 10.9 Å². The van der Waals surface area contributed by atoms with Crippen molar-refractivity contribution in [1.29, 1.82) is 0 Å². The molecule has 3 N–H and O–H groups in total. The summed E-state index contributed by atoms with van der Waals surface area (Å²) >= 11 is 0. The van der Waals surface area contributed by atoms with Gasteiger partial charge >= 0.3 is 0 Å². The zero-order chi connectivity index (χ0) is 24.7. The molecule has 184 valence electrons. The van der Waals surface area contributed by atoms with Crippen LogP contribution in [0.4, 0.5) is 4.39 Å². The Morgan fingerprint density at radius 1 is 1.18 bits per heavy atom. The van der Waals surface area contributed by atoms with Gasteiger partial charge in [-0.2, -0.15) is 0 Å². The fourth-order valence-electron chi connectivity index (χ4n) is 5.51. The number of likely N-dealkylation sites (N-methyl/N-ethyl adjacent to an activating group) is 1. The number of aromatic amines is 1. The predicted octanol–water partition coefficient (Wildman–Crippen LogP) is 1.97. The number of rotatable bonds is 6. The molecule has 0 bridgehead atoms. The molecule has 5 unspecified atom stereocenters.